The molecule has 0 fully saturated rings. The minimum atomic E-state index is -1.98. The van der Waals surface area contributed by atoms with Gasteiger partial charge >= 0.3 is 51.7 Å². The Bertz CT molecular complexity index is 3650. The molecular formula is C62H58B4N18OSc2. The third-order valence-corrected chi connectivity index (χ3v) is 16.7. The molecule has 0 atom stereocenters. The second-order valence-corrected chi connectivity index (χ2v) is 21.6. The van der Waals surface area contributed by atoms with E-state index in [0.717, 1.165) is 44.2 Å². The Balaban J connectivity index is 0.000000186. The van der Waals surface area contributed by atoms with E-state index >= 15 is 0 Å². The van der Waals surface area contributed by atoms with Crippen molar-refractivity contribution in [2.45, 2.75) is 27.7 Å². The van der Waals surface area contributed by atoms with E-state index in [-0.39, 0.29) is 57.2 Å². The number of nitrogens with zero attached hydrogens (tertiary/aromatic N) is 18. The molecule has 14 rings (SSSR count). The Morgan fingerprint density at radius 1 is 0.230 bits per heavy atom. The van der Waals surface area contributed by atoms with Crippen LogP contribution in [-0.4, -0.2) is 113 Å². The summed E-state index contributed by atoms with van der Waals surface area (Å²) in [5.74, 6) is 0. The van der Waals surface area contributed by atoms with Crippen molar-refractivity contribution in [1.82, 2.24) is 87.5 Å². The van der Waals surface area contributed by atoms with Crippen LogP contribution in [0, 0.1) is 27.7 Å². The molecular weight excluding hydrogens is 1150 g/mol. The first-order chi connectivity index (χ1) is 41.3. The average molecular weight is 1200 g/mol. The fourth-order valence-corrected chi connectivity index (χ4v) is 12.7. The van der Waals surface area contributed by atoms with Crippen molar-refractivity contribution in [3.8, 4) is 0 Å². The van der Waals surface area contributed by atoms with Crippen LogP contribution in [0.4, 0.5) is 0 Å². The van der Waals surface area contributed by atoms with Crippen molar-refractivity contribution in [1.29, 1.82) is 0 Å². The van der Waals surface area contributed by atoms with E-state index in [1.54, 1.807) is 49.6 Å². The molecule has 0 saturated heterocycles. The Labute approximate surface area is 541 Å². The SMILES string of the molecule is Cc1ccc([B-](c2cccc([B-](c3ccc(C)cc3)(n3cccn3)n3cccn3)n2)(n2cccn2)n2cccn2)cc1.Cc1ccc([B-](c2cccc([B-](c3ccc(C)cc3)(n3cccn3)n3cccn3)n2)(n2cccn2)n2cccn2)cc1.[O-2].[Sc+3].[Sc+3]. The summed E-state index contributed by atoms with van der Waals surface area (Å²) in [5.41, 5.74) is 12.0. The van der Waals surface area contributed by atoms with E-state index < -0.39 is 25.7 Å². The predicted molar refractivity (Wildman–Crippen MR) is 335 cm³/mol. The molecule has 19 nitrogen and oxygen atoms in total. The number of aromatic nitrogens is 18. The molecule has 10 aromatic heterocycles. The second kappa shape index (κ2) is 25.8. The maximum absolute atomic E-state index is 5.55. The molecule has 0 spiro atoms. The van der Waals surface area contributed by atoms with Crippen LogP contribution in [0.3, 0.4) is 0 Å². The minimum Gasteiger partial charge on any atom is -2.00 e. The van der Waals surface area contributed by atoms with Gasteiger partial charge in [-0.1, -0.05) is 178 Å². The van der Waals surface area contributed by atoms with E-state index in [4.69, 9.17) is 50.8 Å². The van der Waals surface area contributed by atoms with Crippen LogP contribution in [-0.2, 0) is 57.2 Å². The van der Waals surface area contributed by atoms with Gasteiger partial charge in [-0.3, -0.25) is 0 Å². The summed E-state index contributed by atoms with van der Waals surface area (Å²) in [6.07, 6.45) is 22.3. The molecule has 10 heterocycles. The number of hydrogen-bond donors (Lipinski definition) is 0. The van der Waals surface area contributed by atoms with E-state index in [1.165, 1.54) is 22.3 Å². The molecule has 0 saturated carbocycles. The number of rotatable bonds is 16. The van der Waals surface area contributed by atoms with Crippen molar-refractivity contribution >= 4 is 69.9 Å². The van der Waals surface area contributed by atoms with Gasteiger partial charge in [0.2, 0.25) is 0 Å². The molecule has 0 aliphatic rings. The van der Waals surface area contributed by atoms with Gasteiger partial charge in [0.05, 0.1) is 0 Å². The molecule has 0 amide bonds. The molecule has 0 unspecified atom stereocenters. The second-order valence-electron chi connectivity index (χ2n) is 21.6. The van der Waals surface area contributed by atoms with Gasteiger partial charge in [-0.2, -0.15) is 21.9 Å². The van der Waals surface area contributed by atoms with Crippen molar-refractivity contribution in [2.75, 3.05) is 0 Å². The zero-order valence-corrected chi connectivity index (χ0v) is 52.1. The number of aryl methyl sites for hydroxylation is 4. The molecule has 25 heteroatoms. The Morgan fingerprint density at radius 3 is 0.529 bits per heavy atom. The van der Waals surface area contributed by atoms with Gasteiger partial charge in [-0.05, 0) is 126 Å². The van der Waals surface area contributed by atoms with Crippen molar-refractivity contribution < 1.29 is 57.2 Å². The molecule has 0 aliphatic carbocycles. The number of hydrogen-bond acceptors (Lipinski definition) is 10. The molecule has 0 radical (unpaired) electrons. The monoisotopic (exact) mass is 1200 g/mol. The zero-order valence-electron chi connectivity index (χ0n) is 48.5. The first-order valence-electron chi connectivity index (χ1n) is 28.1. The largest absolute Gasteiger partial charge is 3.00 e. The molecule has 14 aromatic rings. The maximum Gasteiger partial charge on any atom is 3.00 e. The van der Waals surface area contributed by atoms with Crippen molar-refractivity contribution in [2.24, 2.45) is 0 Å². The summed E-state index contributed by atoms with van der Waals surface area (Å²) < 4.78 is 15.8. The van der Waals surface area contributed by atoms with Gasteiger partial charge in [-0.25, -0.2) is 40.8 Å². The van der Waals surface area contributed by atoms with Gasteiger partial charge in [0.1, 0.15) is 0 Å². The fraction of sp³-hybridized carbons (Fsp3) is 0.0645. The van der Waals surface area contributed by atoms with Crippen LogP contribution >= 0.6 is 0 Å². The summed E-state index contributed by atoms with van der Waals surface area (Å²) in [6, 6.07) is 62.0. The summed E-state index contributed by atoms with van der Waals surface area (Å²) in [4.78, 5) is 11.1. The molecule has 0 aliphatic heterocycles. The van der Waals surface area contributed by atoms with E-state index in [1.807, 2.05) is 135 Å². The Hall–Kier alpha value is -9.18. The third kappa shape index (κ3) is 10.5. The molecule has 0 N–H and O–H groups in total. The Morgan fingerprint density at radius 2 is 0.391 bits per heavy atom. The van der Waals surface area contributed by atoms with Gasteiger partial charge < -0.3 is 52.2 Å². The van der Waals surface area contributed by atoms with Gasteiger partial charge in [0.15, 0.2) is 0 Å². The van der Waals surface area contributed by atoms with Gasteiger partial charge in [-0.15, -0.1) is 0 Å². The van der Waals surface area contributed by atoms with Crippen molar-refractivity contribution in [3.63, 3.8) is 0 Å². The predicted octanol–water partition coefficient (Wildman–Crippen LogP) is 3.46. The van der Waals surface area contributed by atoms with E-state index in [2.05, 4.69) is 161 Å². The van der Waals surface area contributed by atoms with Crippen LogP contribution in [0.2, 0.25) is 0 Å². The van der Waals surface area contributed by atoms with Gasteiger partial charge in [0.25, 0.3) is 25.7 Å². The molecule has 4 aromatic carbocycles. The fourth-order valence-electron chi connectivity index (χ4n) is 12.7. The number of pyridine rings is 2. The Kier molecular flexibility index (Phi) is 18.1. The number of benzene rings is 4. The quantitative estimate of drug-likeness (QED) is 0.129. The smallest absolute Gasteiger partial charge is 2.00 e. The summed E-state index contributed by atoms with van der Waals surface area (Å²) in [6.45, 7) is 8.36. The van der Waals surface area contributed by atoms with E-state index in [9.17, 15) is 0 Å². The minimum absolute atomic E-state index is 0. The summed E-state index contributed by atoms with van der Waals surface area (Å²) in [7, 11) is 0. The maximum atomic E-state index is 5.55. The topological polar surface area (TPSA) is 197 Å². The first-order valence-corrected chi connectivity index (χ1v) is 28.1. The van der Waals surface area contributed by atoms with E-state index in [0.29, 0.717) is 0 Å². The van der Waals surface area contributed by atoms with Crippen LogP contribution in [0.15, 0.2) is 281 Å². The van der Waals surface area contributed by atoms with Crippen LogP contribution in [0.1, 0.15) is 22.3 Å². The average Bonchev–Trinajstić information content (AvgIpc) is 1.75. The van der Waals surface area contributed by atoms with Crippen LogP contribution in [0.5, 0.6) is 0 Å². The zero-order chi connectivity index (χ0) is 57.1. The van der Waals surface area contributed by atoms with Crippen LogP contribution in [0.25, 0.3) is 0 Å². The normalized spacial score (nSPS) is 11.6. The molecule has 420 valence electrons. The standard InChI is InChI=1S/2C31H29B2N9.O.2Sc/c2*1-26-10-14-28(15-11-26)32(39-22-4-18-34-39,40-23-5-19-35-40)30-8-3-9-31(38-30)33(41-24-6-20-36-41,42-25-7-21-37-42)29-16-12-27(2)13-17-29;;;/h2*3-25H,1-2H3;;;/q3*-2;2*+3. The molecule has 87 heavy (non-hydrogen) atoms. The first kappa shape index (κ1) is 60.9. The molecule has 0 bridgehead atoms. The van der Waals surface area contributed by atoms with Gasteiger partial charge in [0, 0.05) is 49.6 Å². The summed E-state index contributed by atoms with van der Waals surface area (Å²) >= 11 is 0. The van der Waals surface area contributed by atoms with Crippen molar-refractivity contribution in [3.05, 3.63) is 303 Å². The summed E-state index contributed by atoms with van der Waals surface area (Å²) in [5, 5.41) is 38.3. The van der Waals surface area contributed by atoms with Crippen LogP contribution < -0.4 is 44.2 Å². The third-order valence-electron chi connectivity index (χ3n) is 16.7.